The zero-order valence-electron chi connectivity index (χ0n) is 12.9. The quantitative estimate of drug-likeness (QED) is 0.845. The fourth-order valence-electron chi connectivity index (χ4n) is 3.45. The van der Waals surface area contributed by atoms with Crippen molar-refractivity contribution in [3.63, 3.8) is 0 Å². The summed E-state index contributed by atoms with van der Waals surface area (Å²) < 4.78 is 0.662. The Kier molecular flexibility index (Phi) is 4.73. The minimum absolute atomic E-state index is 0.179. The molecule has 0 spiro atoms. The summed E-state index contributed by atoms with van der Waals surface area (Å²) in [5.74, 6) is -1.10. The monoisotopic (exact) mass is 354 g/mol. The van der Waals surface area contributed by atoms with Crippen LogP contribution in [0.25, 0.3) is 0 Å². The van der Waals surface area contributed by atoms with E-state index in [2.05, 4.69) is 5.32 Å². The molecule has 0 aromatic carbocycles. The Bertz CT molecular complexity index is 621. The Morgan fingerprint density at radius 1 is 1.30 bits per heavy atom. The first-order chi connectivity index (χ1) is 11.0. The van der Waals surface area contributed by atoms with Crippen LogP contribution in [0, 0.1) is 11.8 Å². The lowest BCUT2D eigenvalue weighted by molar-refractivity contribution is -0.143. The normalized spacial score (nSPS) is 25.4. The maximum atomic E-state index is 12.4. The molecule has 2 fully saturated rings. The molecule has 1 aromatic heterocycles. The summed E-state index contributed by atoms with van der Waals surface area (Å²) in [7, 11) is 0. The van der Waals surface area contributed by atoms with Gasteiger partial charge in [-0.1, -0.05) is 24.4 Å². The standard InChI is InChI=1S/C16H19ClN2O3S/c1-9(12-6-7-13(17)23-12)18-14(20)8-19-15(21)10-4-2-3-5-11(10)16(19)22/h6-7,9-11H,2-5,8H2,1H3,(H,18,20)/t9-,10-,11+/m1/s1. The van der Waals surface area contributed by atoms with Crippen molar-refractivity contribution < 1.29 is 14.4 Å². The van der Waals surface area contributed by atoms with Gasteiger partial charge in [-0.15, -0.1) is 11.3 Å². The summed E-state index contributed by atoms with van der Waals surface area (Å²) in [6.45, 7) is 1.67. The largest absolute Gasteiger partial charge is 0.347 e. The molecule has 1 aliphatic heterocycles. The van der Waals surface area contributed by atoms with Crippen LogP contribution >= 0.6 is 22.9 Å². The molecular formula is C16H19ClN2O3S. The lowest BCUT2D eigenvalue weighted by Crippen LogP contribution is -2.41. The summed E-state index contributed by atoms with van der Waals surface area (Å²) >= 11 is 7.30. The van der Waals surface area contributed by atoms with Crippen molar-refractivity contribution in [3.05, 3.63) is 21.3 Å². The maximum absolute atomic E-state index is 12.4. The van der Waals surface area contributed by atoms with Crippen LogP contribution in [0.15, 0.2) is 12.1 Å². The van der Waals surface area contributed by atoms with Gasteiger partial charge in [-0.25, -0.2) is 0 Å². The van der Waals surface area contributed by atoms with Crippen LogP contribution < -0.4 is 5.32 Å². The van der Waals surface area contributed by atoms with Gasteiger partial charge in [0, 0.05) is 4.88 Å². The Morgan fingerprint density at radius 2 is 1.91 bits per heavy atom. The van der Waals surface area contributed by atoms with E-state index in [1.165, 1.54) is 11.3 Å². The highest BCUT2D eigenvalue weighted by Gasteiger charge is 2.48. The van der Waals surface area contributed by atoms with Gasteiger partial charge in [0.1, 0.15) is 6.54 Å². The van der Waals surface area contributed by atoms with Crippen LogP contribution in [-0.2, 0) is 14.4 Å². The van der Waals surface area contributed by atoms with E-state index in [1.807, 2.05) is 13.0 Å². The molecule has 1 saturated carbocycles. The van der Waals surface area contributed by atoms with Gasteiger partial charge in [-0.3, -0.25) is 19.3 Å². The van der Waals surface area contributed by atoms with Crippen LogP contribution in [0.1, 0.15) is 43.5 Å². The Balaban J connectivity index is 1.61. The van der Waals surface area contributed by atoms with E-state index in [0.29, 0.717) is 4.34 Å². The molecule has 3 amide bonds. The molecule has 3 atom stereocenters. The van der Waals surface area contributed by atoms with E-state index in [1.54, 1.807) is 6.07 Å². The molecular weight excluding hydrogens is 336 g/mol. The number of hydrogen-bond acceptors (Lipinski definition) is 4. The van der Waals surface area contributed by atoms with Gasteiger partial charge in [-0.2, -0.15) is 0 Å². The van der Waals surface area contributed by atoms with Gasteiger partial charge < -0.3 is 5.32 Å². The molecule has 0 unspecified atom stereocenters. The number of nitrogens with one attached hydrogen (secondary N) is 1. The molecule has 1 aromatic rings. The summed E-state index contributed by atoms with van der Waals surface area (Å²) in [6.07, 6.45) is 3.49. The predicted molar refractivity (Wildman–Crippen MR) is 88.1 cm³/mol. The van der Waals surface area contributed by atoms with E-state index in [9.17, 15) is 14.4 Å². The number of thiophene rings is 1. The zero-order valence-corrected chi connectivity index (χ0v) is 14.5. The first-order valence-electron chi connectivity index (χ1n) is 7.87. The van der Waals surface area contributed by atoms with Crippen molar-refractivity contribution in [1.29, 1.82) is 0 Å². The summed E-state index contributed by atoms with van der Waals surface area (Å²) in [6, 6.07) is 3.44. The van der Waals surface area contributed by atoms with Gasteiger partial charge in [0.25, 0.3) is 0 Å². The SMILES string of the molecule is C[C@@H](NC(=O)CN1C(=O)[C@H]2CCCC[C@H]2C1=O)c1ccc(Cl)s1. The second-order valence-corrected chi connectivity index (χ2v) is 7.94. The number of nitrogens with zero attached hydrogens (tertiary/aromatic N) is 1. The number of fused-ring (bicyclic) bond motifs is 1. The molecule has 5 nitrogen and oxygen atoms in total. The fraction of sp³-hybridized carbons (Fsp3) is 0.562. The Labute approximate surface area is 144 Å². The van der Waals surface area contributed by atoms with Gasteiger partial charge in [0.15, 0.2) is 0 Å². The second kappa shape index (κ2) is 6.61. The zero-order chi connectivity index (χ0) is 16.6. The van der Waals surface area contributed by atoms with E-state index in [4.69, 9.17) is 11.6 Å². The van der Waals surface area contributed by atoms with Crippen molar-refractivity contribution in [3.8, 4) is 0 Å². The summed E-state index contributed by atoms with van der Waals surface area (Å²) in [4.78, 5) is 39.0. The summed E-state index contributed by atoms with van der Waals surface area (Å²) in [5.41, 5.74) is 0. The number of likely N-dealkylation sites (tertiary alicyclic amines) is 1. The van der Waals surface area contributed by atoms with E-state index < -0.39 is 0 Å². The number of halogens is 1. The molecule has 2 aliphatic rings. The minimum Gasteiger partial charge on any atom is -0.347 e. The van der Waals surface area contributed by atoms with Crippen molar-refractivity contribution in [1.82, 2.24) is 10.2 Å². The van der Waals surface area contributed by atoms with Gasteiger partial charge in [0.2, 0.25) is 17.7 Å². The number of hydrogen-bond donors (Lipinski definition) is 1. The lowest BCUT2D eigenvalue weighted by atomic mass is 9.81. The van der Waals surface area contributed by atoms with Crippen molar-refractivity contribution in [2.24, 2.45) is 11.8 Å². The average Bonchev–Trinajstić information content (AvgIpc) is 3.06. The van der Waals surface area contributed by atoms with E-state index in [0.717, 1.165) is 35.5 Å². The topological polar surface area (TPSA) is 66.5 Å². The predicted octanol–water partition coefficient (Wildman–Crippen LogP) is 2.75. The molecule has 2 heterocycles. The Hall–Kier alpha value is -1.40. The van der Waals surface area contributed by atoms with Crippen molar-refractivity contribution >= 4 is 40.7 Å². The third kappa shape index (κ3) is 3.28. The van der Waals surface area contributed by atoms with Crippen molar-refractivity contribution in [2.45, 2.75) is 38.6 Å². The van der Waals surface area contributed by atoms with Crippen LogP contribution in [0.4, 0.5) is 0 Å². The third-order valence-corrected chi connectivity index (χ3v) is 6.05. The molecule has 124 valence electrons. The number of carbonyl (C=O) groups excluding carboxylic acids is 3. The first kappa shape index (κ1) is 16.5. The van der Waals surface area contributed by atoms with Gasteiger partial charge >= 0.3 is 0 Å². The van der Waals surface area contributed by atoms with Crippen molar-refractivity contribution in [2.75, 3.05) is 6.54 Å². The number of carbonyl (C=O) groups is 3. The molecule has 1 aliphatic carbocycles. The molecule has 23 heavy (non-hydrogen) atoms. The molecule has 0 bridgehead atoms. The van der Waals surface area contributed by atoms with Crippen LogP contribution in [-0.4, -0.2) is 29.2 Å². The highest BCUT2D eigenvalue weighted by atomic mass is 35.5. The minimum atomic E-state index is -0.317. The number of imide groups is 1. The smallest absolute Gasteiger partial charge is 0.240 e. The highest BCUT2D eigenvalue weighted by molar-refractivity contribution is 7.16. The Morgan fingerprint density at radius 3 is 2.43 bits per heavy atom. The first-order valence-corrected chi connectivity index (χ1v) is 9.06. The van der Waals surface area contributed by atoms with E-state index >= 15 is 0 Å². The van der Waals surface area contributed by atoms with Crippen LogP contribution in [0.3, 0.4) is 0 Å². The number of amides is 3. The second-order valence-electron chi connectivity index (χ2n) is 6.19. The molecule has 0 radical (unpaired) electrons. The maximum Gasteiger partial charge on any atom is 0.240 e. The van der Waals surface area contributed by atoms with Gasteiger partial charge in [-0.05, 0) is 31.9 Å². The molecule has 3 rings (SSSR count). The average molecular weight is 355 g/mol. The van der Waals surface area contributed by atoms with Crippen LogP contribution in [0.2, 0.25) is 4.34 Å². The molecule has 1 saturated heterocycles. The third-order valence-electron chi connectivity index (χ3n) is 4.63. The van der Waals surface area contributed by atoms with Gasteiger partial charge in [0.05, 0.1) is 22.2 Å². The highest BCUT2D eigenvalue weighted by Crippen LogP contribution is 2.37. The van der Waals surface area contributed by atoms with Crippen LogP contribution in [0.5, 0.6) is 0 Å². The number of rotatable bonds is 4. The fourth-order valence-corrected chi connectivity index (χ4v) is 4.51. The molecule has 7 heteroatoms. The lowest BCUT2D eigenvalue weighted by Gasteiger charge is -2.19. The summed E-state index contributed by atoms with van der Waals surface area (Å²) in [5, 5.41) is 2.83. The van der Waals surface area contributed by atoms with E-state index in [-0.39, 0.29) is 42.1 Å². The molecule has 1 N–H and O–H groups in total.